The topological polar surface area (TPSA) is 68.0 Å². The summed E-state index contributed by atoms with van der Waals surface area (Å²) in [6.07, 6.45) is 1.70. The molecule has 0 saturated heterocycles. The molecule has 3 N–H and O–H groups in total. The largest absolute Gasteiger partial charge is 0.399 e. The molecule has 6 heteroatoms. The van der Waals surface area contributed by atoms with Crippen molar-refractivity contribution in [2.45, 2.75) is 6.54 Å². The third-order valence-electron chi connectivity index (χ3n) is 2.12. The van der Waals surface area contributed by atoms with E-state index in [1.165, 1.54) is 11.3 Å². The number of rotatable bonds is 3. The summed E-state index contributed by atoms with van der Waals surface area (Å²) >= 11 is 7.42. The van der Waals surface area contributed by atoms with Crippen LogP contribution in [0.2, 0.25) is 5.02 Å². The zero-order valence-corrected chi connectivity index (χ0v) is 10.4. The number of nitrogens with one attached hydrogen (secondary N) is 1. The maximum atomic E-state index is 11.8. The summed E-state index contributed by atoms with van der Waals surface area (Å²) in [7, 11) is 0. The first-order valence-corrected chi connectivity index (χ1v) is 6.14. The third-order valence-corrected chi connectivity index (χ3v) is 3.21. The molecular weight excluding hydrogens is 258 g/mol. The molecule has 1 heterocycles. The first-order valence-electron chi connectivity index (χ1n) is 4.88. The number of hydrogen-bond donors (Lipinski definition) is 2. The van der Waals surface area contributed by atoms with Crippen molar-refractivity contribution in [2.24, 2.45) is 0 Å². The Morgan fingerprint density at radius 3 is 3.00 bits per heavy atom. The van der Waals surface area contributed by atoms with E-state index >= 15 is 0 Å². The minimum Gasteiger partial charge on any atom is -0.399 e. The number of carbonyl (C=O) groups excluding carboxylic acids is 1. The van der Waals surface area contributed by atoms with Gasteiger partial charge in [-0.05, 0) is 18.2 Å². The molecule has 2 rings (SSSR count). The van der Waals surface area contributed by atoms with Crippen LogP contribution in [0, 0.1) is 0 Å². The lowest BCUT2D eigenvalue weighted by molar-refractivity contribution is 0.0951. The SMILES string of the molecule is Nc1ccc(C(=O)NCc2nccs2)c(Cl)c1. The fourth-order valence-electron chi connectivity index (χ4n) is 1.31. The van der Waals surface area contributed by atoms with Gasteiger partial charge in [-0.15, -0.1) is 11.3 Å². The van der Waals surface area contributed by atoms with Crippen LogP contribution in [0.5, 0.6) is 0 Å². The smallest absolute Gasteiger partial charge is 0.253 e. The summed E-state index contributed by atoms with van der Waals surface area (Å²) in [6, 6.07) is 4.80. The Labute approximate surface area is 107 Å². The number of nitrogens with two attached hydrogens (primary N) is 1. The minimum absolute atomic E-state index is 0.231. The number of amides is 1. The number of nitrogens with zero attached hydrogens (tertiary/aromatic N) is 1. The van der Waals surface area contributed by atoms with E-state index in [2.05, 4.69) is 10.3 Å². The molecule has 1 amide bonds. The second-order valence-electron chi connectivity index (χ2n) is 3.35. The molecule has 4 nitrogen and oxygen atoms in total. The lowest BCUT2D eigenvalue weighted by Gasteiger charge is -2.05. The summed E-state index contributed by atoms with van der Waals surface area (Å²) in [5.74, 6) is -0.231. The predicted molar refractivity (Wildman–Crippen MR) is 69.1 cm³/mol. The number of hydrogen-bond acceptors (Lipinski definition) is 4. The maximum absolute atomic E-state index is 11.8. The van der Waals surface area contributed by atoms with Crippen molar-refractivity contribution in [3.8, 4) is 0 Å². The van der Waals surface area contributed by atoms with Gasteiger partial charge in [0.15, 0.2) is 0 Å². The van der Waals surface area contributed by atoms with E-state index < -0.39 is 0 Å². The Hall–Kier alpha value is -1.59. The van der Waals surface area contributed by atoms with Gasteiger partial charge < -0.3 is 11.1 Å². The van der Waals surface area contributed by atoms with E-state index in [9.17, 15) is 4.79 Å². The third kappa shape index (κ3) is 2.95. The Morgan fingerprint density at radius 2 is 2.35 bits per heavy atom. The standard InChI is InChI=1S/C11H10ClN3OS/c12-9-5-7(13)1-2-8(9)11(16)15-6-10-14-3-4-17-10/h1-5H,6,13H2,(H,15,16). The maximum Gasteiger partial charge on any atom is 0.253 e. The molecular formula is C11H10ClN3OS. The molecule has 1 aromatic carbocycles. The van der Waals surface area contributed by atoms with Gasteiger partial charge in [-0.25, -0.2) is 4.98 Å². The first-order chi connectivity index (χ1) is 8.16. The number of anilines is 1. The zero-order valence-electron chi connectivity index (χ0n) is 8.81. The second-order valence-corrected chi connectivity index (χ2v) is 4.73. The van der Waals surface area contributed by atoms with Gasteiger partial charge >= 0.3 is 0 Å². The van der Waals surface area contributed by atoms with Crippen LogP contribution in [0.15, 0.2) is 29.8 Å². The Balaban J connectivity index is 2.04. The predicted octanol–water partition coefficient (Wildman–Crippen LogP) is 2.31. The lowest BCUT2D eigenvalue weighted by atomic mass is 10.2. The van der Waals surface area contributed by atoms with Crippen LogP contribution in [0.1, 0.15) is 15.4 Å². The van der Waals surface area contributed by atoms with Gasteiger partial charge in [-0.2, -0.15) is 0 Å². The van der Waals surface area contributed by atoms with Crippen LogP contribution in [-0.2, 0) is 6.54 Å². The molecule has 0 saturated carbocycles. The molecule has 1 aromatic heterocycles. The van der Waals surface area contributed by atoms with Crippen molar-refractivity contribution in [3.63, 3.8) is 0 Å². The highest BCUT2D eigenvalue weighted by molar-refractivity contribution is 7.09. The number of benzene rings is 1. The average Bonchev–Trinajstić information content (AvgIpc) is 2.78. The van der Waals surface area contributed by atoms with Gasteiger partial charge in [0.05, 0.1) is 17.1 Å². The lowest BCUT2D eigenvalue weighted by Crippen LogP contribution is -2.23. The molecule has 0 unspecified atom stereocenters. The van der Waals surface area contributed by atoms with Crippen molar-refractivity contribution in [1.82, 2.24) is 10.3 Å². The molecule has 17 heavy (non-hydrogen) atoms. The number of carbonyl (C=O) groups is 1. The van der Waals surface area contributed by atoms with Crippen LogP contribution in [-0.4, -0.2) is 10.9 Å². The molecule has 0 bridgehead atoms. The molecule has 0 radical (unpaired) electrons. The van der Waals surface area contributed by atoms with E-state index in [-0.39, 0.29) is 5.91 Å². The van der Waals surface area contributed by atoms with E-state index in [1.54, 1.807) is 24.4 Å². The minimum atomic E-state index is -0.231. The van der Waals surface area contributed by atoms with Crippen molar-refractivity contribution in [3.05, 3.63) is 45.4 Å². The van der Waals surface area contributed by atoms with E-state index in [0.717, 1.165) is 5.01 Å². The fraction of sp³-hybridized carbons (Fsp3) is 0.0909. The van der Waals surface area contributed by atoms with Crippen molar-refractivity contribution in [2.75, 3.05) is 5.73 Å². The molecule has 0 fully saturated rings. The fourth-order valence-corrected chi connectivity index (χ4v) is 2.14. The van der Waals surface area contributed by atoms with Crippen molar-refractivity contribution in [1.29, 1.82) is 0 Å². The molecule has 88 valence electrons. The first kappa shape index (κ1) is 11.9. The summed E-state index contributed by atoms with van der Waals surface area (Å²) in [4.78, 5) is 15.9. The normalized spacial score (nSPS) is 10.2. The number of thiazole rings is 1. The number of nitrogen functional groups attached to an aromatic ring is 1. The molecule has 0 aliphatic carbocycles. The Kier molecular flexibility index (Phi) is 3.61. The van der Waals surface area contributed by atoms with Crippen molar-refractivity contribution < 1.29 is 4.79 Å². The molecule has 0 spiro atoms. The summed E-state index contributed by atoms with van der Waals surface area (Å²) in [5.41, 5.74) is 6.50. The molecule has 0 atom stereocenters. The van der Waals surface area contributed by atoms with Crippen LogP contribution in [0.4, 0.5) is 5.69 Å². The highest BCUT2D eigenvalue weighted by Crippen LogP contribution is 2.19. The molecule has 0 aliphatic rings. The van der Waals surface area contributed by atoms with Gasteiger partial charge in [0.25, 0.3) is 5.91 Å². The van der Waals surface area contributed by atoms with Gasteiger partial charge in [0.1, 0.15) is 5.01 Å². The van der Waals surface area contributed by atoms with Gasteiger partial charge in [0, 0.05) is 17.3 Å². The monoisotopic (exact) mass is 267 g/mol. The van der Waals surface area contributed by atoms with Gasteiger partial charge in [-0.1, -0.05) is 11.6 Å². The summed E-state index contributed by atoms with van der Waals surface area (Å²) in [6.45, 7) is 0.400. The van der Waals surface area contributed by atoms with Crippen LogP contribution >= 0.6 is 22.9 Å². The zero-order chi connectivity index (χ0) is 12.3. The van der Waals surface area contributed by atoms with Crippen LogP contribution in [0.25, 0.3) is 0 Å². The number of halogens is 1. The second kappa shape index (κ2) is 5.16. The quantitative estimate of drug-likeness (QED) is 0.839. The molecule has 0 aliphatic heterocycles. The number of aromatic nitrogens is 1. The van der Waals surface area contributed by atoms with Crippen LogP contribution < -0.4 is 11.1 Å². The van der Waals surface area contributed by atoms with Crippen LogP contribution in [0.3, 0.4) is 0 Å². The summed E-state index contributed by atoms with van der Waals surface area (Å²) in [5, 5.41) is 5.80. The van der Waals surface area contributed by atoms with Gasteiger partial charge in [0.2, 0.25) is 0 Å². The van der Waals surface area contributed by atoms with E-state index in [1.807, 2.05) is 5.38 Å². The van der Waals surface area contributed by atoms with Gasteiger partial charge in [-0.3, -0.25) is 4.79 Å². The Morgan fingerprint density at radius 1 is 1.53 bits per heavy atom. The Bertz CT molecular complexity index is 528. The van der Waals surface area contributed by atoms with E-state index in [4.69, 9.17) is 17.3 Å². The molecule has 2 aromatic rings. The average molecular weight is 268 g/mol. The van der Waals surface area contributed by atoms with Crippen molar-refractivity contribution >= 4 is 34.5 Å². The highest BCUT2D eigenvalue weighted by Gasteiger charge is 2.10. The summed E-state index contributed by atoms with van der Waals surface area (Å²) < 4.78 is 0. The van der Waals surface area contributed by atoms with E-state index in [0.29, 0.717) is 22.8 Å². The highest BCUT2D eigenvalue weighted by atomic mass is 35.5.